The van der Waals surface area contributed by atoms with Gasteiger partial charge < -0.3 is 0 Å². The summed E-state index contributed by atoms with van der Waals surface area (Å²) in [6, 6.07) is 35.9. The van der Waals surface area contributed by atoms with Gasteiger partial charge in [-0.1, -0.05) is 136 Å². The molecule has 0 spiro atoms. The first-order valence-corrected chi connectivity index (χ1v) is 11.5. The summed E-state index contributed by atoms with van der Waals surface area (Å²) in [5.41, 5.74) is 10.4. The molecule has 4 aromatic carbocycles. The minimum absolute atomic E-state index is 0.269. The monoisotopic (exact) mass is 406 g/mol. The van der Waals surface area contributed by atoms with Crippen molar-refractivity contribution < 1.29 is 0 Å². The summed E-state index contributed by atoms with van der Waals surface area (Å²) in [6.45, 7) is 12.3. The highest BCUT2D eigenvalue weighted by Crippen LogP contribution is 2.55. The molecule has 0 heteroatoms. The van der Waals surface area contributed by atoms with Gasteiger partial charge in [-0.2, -0.15) is 0 Å². The van der Waals surface area contributed by atoms with Crippen LogP contribution in [0.3, 0.4) is 0 Å². The topological polar surface area (TPSA) is 0 Å². The lowest BCUT2D eigenvalue weighted by Gasteiger charge is -2.34. The van der Waals surface area contributed by atoms with Crippen molar-refractivity contribution in [2.24, 2.45) is 0 Å². The van der Waals surface area contributed by atoms with Crippen molar-refractivity contribution in [1.29, 1.82) is 0 Å². The Morgan fingerprint density at radius 1 is 0.419 bits per heavy atom. The van der Waals surface area contributed by atoms with Gasteiger partial charge in [-0.3, -0.25) is 0 Å². The largest absolute Gasteiger partial charge is 0.0713 e. The van der Waals surface area contributed by atoms with Crippen LogP contribution in [0, 0.1) is 13.8 Å². The van der Waals surface area contributed by atoms with Crippen LogP contribution in [-0.2, 0) is 5.41 Å². The van der Waals surface area contributed by atoms with Gasteiger partial charge in [0.2, 0.25) is 0 Å². The van der Waals surface area contributed by atoms with Gasteiger partial charge in [0.25, 0.3) is 0 Å². The molecule has 0 N–H and O–H groups in total. The zero-order chi connectivity index (χ0) is 22.4. The van der Waals surface area contributed by atoms with Gasteiger partial charge in [0.1, 0.15) is 0 Å². The van der Waals surface area contributed by atoms with Crippen molar-refractivity contribution >= 4 is 0 Å². The van der Waals surface area contributed by atoms with Crippen LogP contribution in [0.15, 0.2) is 97.1 Å². The van der Waals surface area contributed by atoms with E-state index in [1.54, 1.807) is 0 Å². The standard InChI is InChI=1S/C27H22.2C2H6/c1-19-11-15-21(16-12-19)27(22-17-13-20(2)14-18-22)25-9-5-3-7-23(25)24-8-4-6-10-26(24)27;2*1-2/h3-18H,1-2H3;2*1-2H3. The molecule has 1 aliphatic carbocycles. The first-order valence-electron chi connectivity index (χ1n) is 11.5. The van der Waals surface area contributed by atoms with Gasteiger partial charge in [0.05, 0.1) is 5.41 Å². The molecular weight excluding hydrogens is 372 g/mol. The van der Waals surface area contributed by atoms with E-state index < -0.39 is 0 Å². The van der Waals surface area contributed by atoms with Gasteiger partial charge in [0.15, 0.2) is 0 Å². The second-order valence-electron chi connectivity index (χ2n) is 7.57. The third kappa shape index (κ3) is 3.72. The van der Waals surface area contributed by atoms with Crippen LogP contribution < -0.4 is 0 Å². The van der Waals surface area contributed by atoms with E-state index in [9.17, 15) is 0 Å². The fourth-order valence-corrected chi connectivity index (χ4v) is 4.63. The third-order valence-corrected chi connectivity index (χ3v) is 5.92. The predicted molar refractivity (Wildman–Crippen MR) is 136 cm³/mol. The molecule has 0 radical (unpaired) electrons. The highest BCUT2D eigenvalue weighted by atomic mass is 14.5. The fraction of sp³-hybridized carbons (Fsp3) is 0.226. The number of aryl methyl sites for hydroxylation is 2. The Kier molecular flexibility index (Phi) is 7.13. The molecule has 1 aliphatic rings. The summed E-state index contributed by atoms with van der Waals surface area (Å²) in [5, 5.41) is 0. The van der Waals surface area contributed by atoms with Gasteiger partial charge in [-0.25, -0.2) is 0 Å². The van der Waals surface area contributed by atoms with Crippen LogP contribution in [-0.4, -0.2) is 0 Å². The van der Waals surface area contributed by atoms with Gasteiger partial charge in [-0.15, -0.1) is 0 Å². The van der Waals surface area contributed by atoms with E-state index >= 15 is 0 Å². The third-order valence-electron chi connectivity index (χ3n) is 5.92. The maximum absolute atomic E-state index is 2.30. The van der Waals surface area contributed by atoms with Gasteiger partial charge >= 0.3 is 0 Å². The van der Waals surface area contributed by atoms with Crippen LogP contribution in [0.1, 0.15) is 61.1 Å². The molecule has 0 fully saturated rings. The molecule has 5 rings (SSSR count). The van der Waals surface area contributed by atoms with Crippen LogP contribution >= 0.6 is 0 Å². The lowest BCUT2D eigenvalue weighted by atomic mass is 9.67. The second-order valence-corrected chi connectivity index (χ2v) is 7.57. The molecule has 0 nitrogen and oxygen atoms in total. The molecule has 0 heterocycles. The summed E-state index contributed by atoms with van der Waals surface area (Å²) in [4.78, 5) is 0. The molecule has 0 amide bonds. The molecular formula is C31H34. The zero-order valence-corrected chi connectivity index (χ0v) is 19.7. The predicted octanol–water partition coefficient (Wildman–Crippen LogP) is 8.72. The smallest absolute Gasteiger partial charge is 0.0683 e. The number of benzene rings is 4. The van der Waals surface area contributed by atoms with Crippen LogP contribution in [0.4, 0.5) is 0 Å². The number of rotatable bonds is 2. The summed E-state index contributed by atoms with van der Waals surface area (Å²) in [5.74, 6) is 0. The number of hydrogen-bond acceptors (Lipinski definition) is 0. The molecule has 0 bridgehead atoms. The summed E-state index contributed by atoms with van der Waals surface area (Å²) in [7, 11) is 0. The lowest BCUT2D eigenvalue weighted by molar-refractivity contribution is 0.767. The van der Waals surface area contributed by atoms with Crippen molar-refractivity contribution in [1.82, 2.24) is 0 Å². The average molecular weight is 407 g/mol. The molecule has 0 unspecified atom stereocenters. The van der Waals surface area contributed by atoms with E-state index in [0.29, 0.717) is 0 Å². The Morgan fingerprint density at radius 2 is 0.742 bits per heavy atom. The maximum Gasteiger partial charge on any atom is 0.0713 e. The Hall–Kier alpha value is -3.12. The maximum atomic E-state index is 2.30. The quantitative estimate of drug-likeness (QED) is 0.275. The first-order chi connectivity index (χ1) is 15.2. The van der Waals surface area contributed by atoms with Crippen molar-refractivity contribution in [3.63, 3.8) is 0 Å². The molecule has 0 atom stereocenters. The SMILES string of the molecule is CC.CC.Cc1ccc(C2(c3ccc(C)cc3)c3ccccc3-c3ccccc32)cc1. The lowest BCUT2D eigenvalue weighted by Crippen LogP contribution is -2.28. The van der Waals surface area contributed by atoms with Crippen LogP contribution in [0.5, 0.6) is 0 Å². The molecule has 0 saturated carbocycles. The van der Waals surface area contributed by atoms with Crippen molar-refractivity contribution in [2.75, 3.05) is 0 Å². The van der Waals surface area contributed by atoms with Gasteiger partial charge in [0, 0.05) is 0 Å². The Bertz CT molecular complexity index is 1020. The first kappa shape index (κ1) is 22.6. The van der Waals surface area contributed by atoms with Crippen molar-refractivity contribution in [3.05, 3.63) is 130 Å². The molecule has 4 aromatic rings. The van der Waals surface area contributed by atoms with E-state index in [4.69, 9.17) is 0 Å². The average Bonchev–Trinajstić information content (AvgIpc) is 3.14. The van der Waals surface area contributed by atoms with Crippen LogP contribution in [0.2, 0.25) is 0 Å². The van der Waals surface area contributed by atoms with E-state index in [1.807, 2.05) is 27.7 Å². The molecule has 0 aliphatic heterocycles. The molecule has 0 saturated heterocycles. The zero-order valence-electron chi connectivity index (χ0n) is 19.7. The minimum Gasteiger partial charge on any atom is -0.0683 e. The summed E-state index contributed by atoms with van der Waals surface area (Å²) >= 11 is 0. The second kappa shape index (κ2) is 9.79. The molecule has 158 valence electrons. The Balaban J connectivity index is 0.000000645. The van der Waals surface area contributed by atoms with E-state index in [2.05, 4.69) is 111 Å². The van der Waals surface area contributed by atoms with E-state index in [-0.39, 0.29) is 5.41 Å². The summed E-state index contributed by atoms with van der Waals surface area (Å²) < 4.78 is 0. The minimum atomic E-state index is -0.269. The Morgan fingerprint density at radius 3 is 1.10 bits per heavy atom. The number of hydrogen-bond donors (Lipinski definition) is 0. The summed E-state index contributed by atoms with van der Waals surface area (Å²) in [6.07, 6.45) is 0. The Labute approximate surface area is 188 Å². The molecule has 0 aromatic heterocycles. The van der Waals surface area contributed by atoms with Crippen molar-refractivity contribution in [3.8, 4) is 11.1 Å². The molecule has 31 heavy (non-hydrogen) atoms. The number of fused-ring (bicyclic) bond motifs is 3. The van der Waals surface area contributed by atoms with Gasteiger partial charge in [-0.05, 0) is 47.2 Å². The highest BCUT2D eigenvalue weighted by molar-refractivity contribution is 5.86. The van der Waals surface area contributed by atoms with E-state index in [0.717, 1.165) is 0 Å². The fourth-order valence-electron chi connectivity index (χ4n) is 4.63. The van der Waals surface area contributed by atoms with Crippen molar-refractivity contribution in [2.45, 2.75) is 47.0 Å². The normalized spacial score (nSPS) is 12.5. The van der Waals surface area contributed by atoms with Crippen LogP contribution in [0.25, 0.3) is 11.1 Å². The highest BCUT2D eigenvalue weighted by Gasteiger charge is 2.45. The van der Waals surface area contributed by atoms with E-state index in [1.165, 1.54) is 44.5 Å².